The van der Waals surface area contributed by atoms with Gasteiger partial charge in [-0.05, 0) is 37.6 Å². The van der Waals surface area contributed by atoms with E-state index in [4.69, 9.17) is 4.74 Å². The molecule has 0 bridgehead atoms. The van der Waals surface area contributed by atoms with E-state index in [9.17, 15) is 0 Å². The molecule has 1 aromatic carbocycles. The van der Waals surface area contributed by atoms with Gasteiger partial charge >= 0.3 is 0 Å². The first kappa shape index (κ1) is 14.8. The molecule has 1 rings (SSSR count). The van der Waals surface area contributed by atoms with Gasteiger partial charge in [-0.1, -0.05) is 44.6 Å². The van der Waals surface area contributed by atoms with Crippen LogP contribution in [0.2, 0.25) is 0 Å². The third-order valence-corrected chi connectivity index (χ3v) is 2.75. The van der Waals surface area contributed by atoms with Crippen molar-refractivity contribution in [1.29, 1.82) is 0 Å². The topological polar surface area (TPSA) is 21.3 Å². The molecule has 0 radical (unpaired) electrons. The Labute approximate surface area is 111 Å². The normalized spacial score (nSPS) is 12.8. The van der Waals surface area contributed by atoms with Crippen LogP contribution in [0.25, 0.3) is 6.08 Å². The monoisotopic (exact) mass is 247 g/mol. The summed E-state index contributed by atoms with van der Waals surface area (Å²) in [4.78, 5) is 0. The zero-order valence-corrected chi connectivity index (χ0v) is 11.8. The van der Waals surface area contributed by atoms with E-state index in [1.165, 1.54) is 12.0 Å². The van der Waals surface area contributed by atoms with Crippen LogP contribution in [0.5, 0.6) is 5.75 Å². The largest absolute Gasteiger partial charge is 0.494 e. The summed E-state index contributed by atoms with van der Waals surface area (Å²) >= 11 is 0. The second-order valence-electron chi connectivity index (χ2n) is 4.48. The highest BCUT2D eigenvalue weighted by Crippen LogP contribution is 2.13. The molecule has 2 nitrogen and oxygen atoms in total. The second kappa shape index (κ2) is 8.76. The molecule has 100 valence electrons. The van der Waals surface area contributed by atoms with Crippen molar-refractivity contribution in [2.75, 3.05) is 13.2 Å². The first-order valence-electron chi connectivity index (χ1n) is 6.90. The van der Waals surface area contributed by atoms with Crippen molar-refractivity contribution >= 4 is 6.08 Å². The average Bonchev–Trinajstić information content (AvgIpc) is 2.38. The first-order valence-corrected chi connectivity index (χ1v) is 6.90. The summed E-state index contributed by atoms with van der Waals surface area (Å²) in [6.45, 7) is 8.25. The summed E-state index contributed by atoms with van der Waals surface area (Å²) in [5, 5.41) is 3.35. The van der Waals surface area contributed by atoms with Crippen molar-refractivity contribution in [3.05, 3.63) is 35.9 Å². The highest BCUT2D eigenvalue weighted by molar-refractivity contribution is 5.51. The Hall–Kier alpha value is -1.28. The van der Waals surface area contributed by atoms with E-state index in [1.807, 2.05) is 12.1 Å². The first-order chi connectivity index (χ1) is 8.76. The Morgan fingerprint density at radius 2 is 1.94 bits per heavy atom. The van der Waals surface area contributed by atoms with Crippen LogP contribution in [-0.2, 0) is 0 Å². The SMILES string of the molecule is CCCCOc1ccc(/C=C/C(C)NCC)cc1. The maximum Gasteiger partial charge on any atom is 0.119 e. The number of hydrogen-bond donors (Lipinski definition) is 1. The summed E-state index contributed by atoms with van der Waals surface area (Å²) in [5.74, 6) is 0.959. The fourth-order valence-electron chi connectivity index (χ4n) is 1.65. The van der Waals surface area contributed by atoms with Crippen LogP contribution in [0, 0.1) is 0 Å². The molecule has 0 aromatic heterocycles. The quantitative estimate of drug-likeness (QED) is 0.704. The van der Waals surface area contributed by atoms with Crippen molar-refractivity contribution in [1.82, 2.24) is 5.32 Å². The zero-order valence-electron chi connectivity index (χ0n) is 11.8. The van der Waals surface area contributed by atoms with Crippen LogP contribution in [0.15, 0.2) is 30.3 Å². The van der Waals surface area contributed by atoms with Crippen LogP contribution in [-0.4, -0.2) is 19.2 Å². The number of unbranched alkanes of at least 4 members (excludes halogenated alkanes) is 1. The molecule has 0 amide bonds. The van der Waals surface area contributed by atoms with E-state index in [0.29, 0.717) is 6.04 Å². The molecule has 0 heterocycles. The summed E-state index contributed by atoms with van der Waals surface area (Å²) in [6, 6.07) is 8.67. The van der Waals surface area contributed by atoms with Crippen LogP contribution in [0.1, 0.15) is 39.2 Å². The molecule has 1 unspecified atom stereocenters. The fourth-order valence-corrected chi connectivity index (χ4v) is 1.65. The van der Waals surface area contributed by atoms with E-state index >= 15 is 0 Å². The van der Waals surface area contributed by atoms with Crippen molar-refractivity contribution in [3.63, 3.8) is 0 Å². The van der Waals surface area contributed by atoms with Crippen molar-refractivity contribution in [3.8, 4) is 5.75 Å². The average molecular weight is 247 g/mol. The van der Waals surface area contributed by atoms with Crippen molar-refractivity contribution < 1.29 is 4.74 Å². The van der Waals surface area contributed by atoms with Gasteiger partial charge in [-0.3, -0.25) is 0 Å². The maximum absolute atomic E-state index is 5.63. The zero-order chi connectivity index (χ0) is 13.2. The summed E-state index contributed by atoms with van der Waals surface area (Å²) < 4.78 is 5.63. The van der Waals surface area contributed by atoms with Gasteiger partial charge in [-0.15, -0.1) is 0 Å². The Bertz CT molecular complexity index is 343. The van der Waals surface area contributed by atoms with E-state index in [0.717, 1.165) is 25.3 Å². The molecule has 0 fully saturated rings. The number of nitrogens with one attached hydrogen (secondary N) is 1. The predicted molar refractivity (Wildman–Crippen MR) is 79.0 cm³/mol. The summed E-state index contributed by atoms with van der Waals surface area (Å²) in [6.07, 6.45) is 6.60. The van der Waals surface area contributed by atoms with Gasteiger partial charge < -0.3 is 10.1 Å². The molecule has 18 heavy (non-hydrogen) atoms. The van der Waals surface area contributed by atoms with Gasteiger partial charge in [0, 0.05) is 6.04 Å². The van der Waals surface area contributed by atoms with E-state index < -0.39 is 0 Å². The van der Waals surface area contributed by atoms with Crippen LogP contribution < -0.4 is 10.1 Å². The summed E-state index contributed by atoms with van der Waals surface area (Å²) in [5.41, 5.74) is 1.21. The predicted octanol–water partition coefficient (Wildman–Crippen LogP) is 3.88. The minimum atomic E-state index is 0.412. The molecule has 1 N–H and O–H groups in total. The molecule has 2 heteroatoms. The van der Waals surface area contributed by atoms with Gasteiger partial charge in [0.05, 0.1) is 6.61 Å². The minimum absolute atomic E-state index is 0.412. The molecular weight excluding hydrogens is 222 g/mol. The molecule has 0 aliphatic heterocycles. The minimum Gasteiger partial charge on any atom is -0.494 e. The van der Waals surface area contributed by atoms with Crippen LogP contribution in [0.3, 0.4) is 0 Å². The highest BCUT2D eigenvalue weighted by atomic mass is 16.5. The van der Waals surface area contributed by atoms with Gasteiger partial charge in [0.15, 0.2) is 0 Å². The lowest BCUT2D eigenvalue weighted by atomic mass is 10.2. The number of ether oxygens (including phenoxy) is 1. The second-order valence-corrected chi connectivity index (χ2v) is 4.48. The number of benzene rings is 1. The smallest absolute Gasteiger partial charge is 0.119 e. The molecule has 1 atom stereocenters. The molecule has 0 aliphatic rings. The van der Waals surface area contributed by atoms with Crippen LogP contribution >= 0.6 is 0 Å². The Balaban J connectivity index is 2.44. The third kappa shape index (κ3) is 5.87. The van der Waals surface area contributed by atoms with E-state index in [1.54, 1.807) is 0 Å². The van der Waals surface area contributed by atoms with Gasteiger partial charge in [-0.2, -0.15) is 0 Å². The van der Waals surface area contributed by atoms with Gasteiger partial charge in [0.25, 0.3) is 0 Å². The van der Waals surface area contributed by atoms with E-state index in [2.05, 4.69) is 50.4 Å². The Morgan fingerprint density at radius 3 is 2.56 bits per heavy atom. The van der Waals surface area contributed by atoms with Gasteiger partial charge in [-0.25, -0.2) is 0 Å². The number of likely N-dealkylation sites (N-methyl/N-ethyl adjacent to an activating group) is 1. The highest BCUT2D eigenvalue weighted by Gasteiger charge is 1.95. The summed E-state index contributed by atoms with van der Waals surface area (Å²) in [7, 11) is 0. The maximum atomic E-state index is 5.63. The van der Waals surface area contributed by atoms with Gasteiger partial charge in [0.1, 0.15) is 5.75 Å². The number of rotatable bonds is 8. The molecular formula is C16H25NO. The number of hydrogen-bond acceptors (Lipinski definition) is 2. The van der Waals surface area contributed by atoms with Crippen molar-refractivity contribution in [2.24, 2.45) is 0 Å². The van der Waals surface area contributed by atoms with Crippen LogP contribution in [0.4, 0.5) is 0 Å². The molecule has 0 saturated heterocycles. The molecule has 0 spiro atoms. The Morgan fingerprint density at radius 1 is 1.22 bits per heavy atom. The lowest BCUT2D eigenvalue weighted by molar-refractivity contribution is 0.309. The lowest BCUT2D eigenvalue weighted by Crippen LogP contribution is -2.22. The third-order valence-electron chi connectivity index (χ3n) is 2.75. The molecule has 1 aromatic rings. The Kier molecular flexibility index (Phi) is 7.19. The van der Waals surface area contributed by atoms with Crippen molar-refractivity contribution in [2.45, 2.75) is 39.7 Å². The van der Waals surface area contributed by atoms with E-state index in [-0.39, 0.29) is 0 Å². The fraction of sp³-hybridized carbons (Fsp3) is 0.500. The lowest BCUT2D eigenvalue weighted by Gasteiger charge is -2.07. The van der Waals surface area contributed by atoms with Gasteiger partial charge in [0.2, 0.25) is 0 Å². The molecule has 0 aliphatic carbocycles. The standard InChI is InChI=1S/C16H25NO/c1-4-6-13-18-16-11-9-15(10-12-16)8-7-14(3)17-5-2/h7-12,14,17H,4-6,13H2,1-3H3/b8-7+. The molecule has 0 saturated carbocycles.